The number of rotatable bonds is 1. The van der Waals surface area contributed by atoms with Crippen LogP contribution in [0.1, 0.15) is 12.0 Å². The summed E-state index contributed by atoms with van der Waals surface area (Å²) in [6, 6.07) is 4.11. The minimum atomic E-state index is -0.0848. The van der Waals surface area contributed by atoms with Crippen molar-refractivity contribution in [2.45, 2.75) is 6.42 Å². The van der Waals surface area contributed by atoms with Gasteiger partial charge in [0.25, 0.3) is 0 Å². The number of benzene rings is 1. The maximum absolute atomic E-state index is 9.93. The molecule has 66 valence electrons. The monoisotopic (exact) mass is 176 g/mol. The molecule has 0 unspecified atom stereocenters. The summed E-state index contributed by atoms with van der Waals surface area (Å²) in [6.07, 6.45) is 0.824. The molecule has 0 spiro atoms. The van der Waals surface area contributed by atoms with Gasteiger partial charge in [-0.15, -0.1) is 0 Å². The lowest BCUT2D eigenvalue weighted by atomic mass is 10.2. The molecule has 3 nitrogen and oxygen atoms in total. The van der Waals surface area contributed by atoms with Crippen LogP contribution in [0.4, 0.5) is 0 Å². The molecule has 0 saturated carbocycles. The van der Waals surface area contributed by atoms with Gasteiger partial charge in [-0.3, -0.25) is 0 Å². The number of phenolic OH excluding ortho intramolecular Hbond substituents is 2. The van der Waals surface area contributed by atoms with Crippen LogP contribution in [-0.2, 0) is 4.79 Å². The van der Waals surface area contributed by atoms with Crippen LogP contribution in [0, 0.1) is 11.8 Å². The molecule has 0 aliphatic heterocycles. The van der Waals surface area contributed by atoms with Crippen molar-refractivity contribution in [3.05, 3.63) is 23.8 Å². The standard InChI is InChI=1S/C10H8O3/c11-6-2-1-3-8-4-5-9(12)7-10(8)13/h4-7,12-13H,2H2. The molecule has 1 rings (SSSR count). The molecule has 1 aromatic carbocycles. The van der Waals surface area contributed by atoms with Crippen molar-refractivity contribution < 1.29 is 15.0 Å². The first-order chi connectivity index (χ1) is 6.24. The van der Waals surface area contributed by atoms with Gasteiger partial charge in [0.15, 0.2) is 0 Å². The summed E-state index contributed by atoms with van der Waals surface area (Å²) >= 11 is 0. The summed E-state index contributed by atoms with van der Waals surface area (Å²) in [6.45, 7) is 0. The Morgan fingerprint density at radius 3 is 2.77 bits per heavy atom. The fourth-order valence-electron chi connectivity index (χ4n) is 0.814. The second-order valence-corrected chi connectivity index (χ2v) is 2.37. The van der Waals surface area contributed by atoms with Crippen LogP contribution in [0.3, 0.4) is 0 Å². The highest BCUT2D eigenvalue weighted by Gasteiger charge is 1.97. The van der Waals surface area contributed by atoms with Gasteiger partial charge >= 0.3 is 0 Å². The van der Waals surface area contributed by atoms with Gasteiger partial charge in [-0.05, 0) is 12.1 Å². The Kier molecular flexibility index (Phi) is 2.93. The van der Waals surface area contributed by atoms with Gasteiger partial charge in [0.2, 0.25) is 0 Å². The zero-order chi connectivity index (χ0) is 9.68. The van der Waals surface area contributed by atoms with Crippen LogP contribution in [0.2, 0.25) is 0 Å². The molecule has 0 heterocycles. The minimum Gasteiger partial charge on any atom is -0.508 e. The lowest BCUT2D eigenvalue weighted by molar-refractivity contribution is -0.107. The van der Waals surface area contributed by atoms with Gasteiger partial charge in [-0.1, -0.05) is 11.8 Å². The third-order valence-electron chi connectivity index (χ3n) is 1.39. The maximum atomic E-state index is 9.93. The van der Waals surface area contributed by atoms with Crippen LogP contribution >= 0.6 is 0 Å². The number of aromatic hydroxyl groups is 2. The third kappa shape index (κ3) is 2.53. The number of hydrogen-bond donors (Lipinski definition) is 2. The van der Waals surface area contributed by atoms with E-state index in [0.29, 0.717) is 11.8 Å². The molecule has 0 saturated heterocycles. The topological polar surface area (TPSA) is 57.5 Å². The van der Waals surface area contributed by atoms with Crippen LogP contribution < -0.4 is 0 Å². The van der Waals surface area contributed by atoms with Crippen molar-refractivity contribution in [2.75, 3.05) is 0 Å². The Labute approximate surface area is 75.6 Å². The first kappa shape index (κ1) is 9.14. The van der Waals surface area contributed by atoms with E-state index in [1.165, 1.54) is 18.2 Å². The average molecular weight is 176 g/mol. The Balaban J connectivity index is 2.91. The molecular formula is C10H8O3. The highest BCUT2D eigenvalue weighted by atomic mass is 16.3. The maximum Gasteiger partial charge on any atom is 0.134 e. The van der Waals surface area contributed by atoms with Crippen molar-refractivity contribution >= 4 is 6.29 Å². The molecule has 0 radical (unpaired) electrons. The molecule has 13 heavy (non-hydrogen) atoms. The first-order valence-corrected chi connectivity index (χ1v) is 3.68. The average Bonchev–Trinajstić information content (AvgIpc) is 2.09. The summed E-state index contributed by atoms with van der Waals surface area (Å²) < 4.78 is 0. The predicted octanol–water partition coefficient (Wildman–Crippen LogP) is 1.04. The zero-order valence-electron chi connectivity index (χ0n) is 6.82. The SMILES string of the molecule is O=CCC#Cc1ccc(O)cc1O. The van der Waals surface area contributed by atoms with E-state index in [1.807, 2.05) is 0 Å². The van der Waals surface area contributed by atoms with Gasteiger partial charge in [0.05, 0.1) is 12.0 Å². The van der Waals surface area contributed by atoms with Crippen LogP contribution in [0.15, 0.2) is 18.2 Å². The van der Waals surface area contributed by atoms with Crippen molar-refractivity contribution in [3.63, 3.8) is 0 Å². The zero-order valence-corrected chi connectivity index (χ0v) is 6.82. The summed E-state index contributed by atoms with van der Waals surface area (Å²) in [7, 11) is 0. The molecule has 0 bridgehead atoms. The molecule has 2 N–H and O–H groups in total. The van der Waals surface area contributed by atoms with E-state index < -0.39 is 0 Å². The molecule has 0 aliphatic rings. The molecule has 3 heteroatoms. The molecule has 0 aromatic heterocycles. The molecule has 0 fully saturated rings. The van der Waals surface area contributed by atoms with E-state index in [9.17, 15) is 9.90 Å². The normalized spacial score (nSPS) is 8.62. The first-order valence-electron chi connectivity index (χ1n) is 3.68. The van der Waals surface area contributed by atoms with Gasteiger partial charge in [-0.25, -0.2) is 0 Å². The Hall–Kier alpha value is -1.95. The molecule has 0 atom stereocenters. The molecular weight excluding hydrogens is 168 g/mol. The van der Waals surface area contributed by atoms with Crippen molar-refractivity contribution in [1.82, 2.24) is 0 Å². The van der Waals surface area contributed by atoms with E-state index in [2.05, 4.69) is 11.8 Å². The molecule has 0 amide bonds. The van der Waals surface area contributed by atoms with Crippen LogP contribution in [0.5, 0.6) is 11.5 Å². The van der Waals surface area contributed by atoms with E-state index in [0.717, 1.165) is 0 Å². The summed E-state index contributed by atoms with van der Waals surface area (Å²) in [5.74, 6) is 5.05. The van der Waals surface area contributed by atoms with E-state index in [1.54, 1.807) is 0 Å². The van der Waals surface area contributed by atoms with Crippen molar-refractivity contribution in [3.8, 4) is 23.3 Å². The van der Waals surface area contributed by atoms with Crippen molar-refractivity contribution in [1.29, 1.82) is 0 Å². The van der Waals surface area contributed by atoms with Crippen molar-refractivity contribution in [2.24, 2.45) is 0 Å². The fraction of sp³-hybridized carbons (Fsp3) is 0.100. The number of carbonyl (C=O) groups is 1. The lowest BCUT2D eigenvalue weighted by Gasteiger charge is -1.96. The van der Waals surface area contributed by atoms with Crippen LogP contribution in [-0.4, -0.2) is 16.5 Å². The highest BCUT2D eigenvalue weighted by Crippen LogP contribution is 2.21. The van der Waals surface area contributed by atoms with Crippen LogP contribution in [0.25, 0.3) is 0 Å². The second-order valence-electron chi connectivity index (χ2n) is 2.37. The third-order valence-corrected chi connectivity index (χ3v) is 1.39. The summed E-state index contributed by atoms with van der Waals surface area (Å²) in [5, 5.41) is 18.2. The largest absolute Gasteiger partial charge is 0.508 e. The van der Waals surface area contributed by atoms with E-state index >= 15 is 0 Å². The van der Waals surface area contributed by atoms with Gasteiger partial charge in [0, 0.05) is 6.07 Å². The number of phenols is 2. The molecule has 1 aromatic rings. The highest BCUT2D eigenvalue weighted by molar-refractivity contribution is 5.56. The Bertz CT molecular complexity index is 371. The Morgan fingerprint density at radius 1 is 1.38 bits per heavy atom. The van der Waals surface area contributed by atoms with E-state index in [4.69, 9.17) is 5.11 Å². The number of hydrogen-bond acceptors (Lipinski definition) is 3. The van der Waals surface area contributed by atoms with Gasteiger partial charge < -0.3 is 15.0 Å². The fourth-order valence-corrected chi connectivity index (χ4v) is 0.814. The smallest absolute Gasteiger partial charge is 0.134 e. The minimum absolute atomic E-state index is 0.0153. The lowest BCUT2D eigenvalue weighted by Crippen LogP contribution is -1.76. The summed E-state index contributed by atoms with van der Waals surface area (Å²) in [5.41, 5.74) is 0.402. The number of aldehydes is 1. The van der Waals surface area contributed by atoms with E-state index in [-0.39, 0.29) is 17.9 Å². The quantitative estimate of drug-likeness (QED) is 0.496. The van der Waals surface area contributed by atoms with Gasteiger partial charge in [0.1, 0.15) is 17.8 Å². The second kappa shape index (κ2) is 4.17. The van der Waals surface area contributed by atoms with Gasteiger partial charge in [-0.2, -0.15) is 0 Å². The number of carbonyl (C=O) groups excluding carboxylic acids is 1. The summed E-state index contributed by atoms with van der Waals surface area (Å²) in [4.78, 5) is 9.93. The predicted molar refractivity (Wildman–Crippen MR) is 47.3 cm³/mol. The Morgan fingerprint density at radius 2 is 2.15 bits per heavy atom. The molecule has 0 aliphatic carbocycles.